The highest BCUT2D eigenvalue weighted by atomic mass is 32.1. The second-order valence-corrected chi connectivity index (χ2v) is 6.20. The summed E-state index contributed by atoms with van der Waals surface area (Å²) in [4.78, 5) is 5.46. The Morgan fingerprint density at radius 1 is 1.12 bits per heavy atom. The molecule has 0 unspecified atom stereocenters. The first-order valence-corrected chi connectivity index (χ1v) is 8.77. The summed E-state index contributed by atoms with van der Waals surface area (Å²) >= 11 is 5.34. The summed E-state index contributed by atoms with van der Waals surface area (Å²) in [5.74, 6) is 1.52. The molecule has 0 spiro atoms. The van der Waals surface area contributed by atoms with Crippen molar-refractivity contribution in [3.05, 3.63) is 59.7 Å². The third-order valence-corrected chi connectivity index (χ3v) is 3.87. The zero-order valence-electron chi connectivity index (χ0n) is 15.5. The Balaban J connectivity index is 2.21. The summed E-state index contributed by atoms with van der Waals surface area (Å²) in [6.45, 7) is 4.35. The van der Waals surface area contributed by atoms with Gasteiger partial charge >= 0.3 is 0 Å². The first-order chi connectivity index (χ1) is 12.5. The molecular formula is C20H24N2O3S. The molecule has 0 aliphatic heterocycles. The van der Waals surface area contributed by atoms with Gasteiger partial charge in [0.2, 0.25) is 0 Å². The van der Waals surface area contributed by atoms with Gasteiger partial charge in [-0.2, -0.15) is 0 Å². The van der Waals surface area contributed by atoms with Crippen LogP contribution in [-0.4, -0.2) is 31.0 Å². The zero-order valence-corrected chi connectivity index (χ0v) is 16.3. The lowest BCUT2D eigenvalue weighted by molar-refractivity contribution is 0.214. The number of hydrogen-bond donors (Lipinski definition) is 1. The minimum Gasteiger partial charge on any atom is -0.491 e. The molecule has 0 fully saturated rings. The summed E-state index contributed by atoms with van der Waals surface area (Å²) < 4.78 is 11.7. The van der Waals surface area contributed by atoms with Crippen LogP contribution < -0.4 is 14.8 Å². The van der Waals surface area contributed by atoms with Crippen LogP contribution in [0.3, 0.4) is 0 Å². The second kappa shape index (κ2) is 9.77. The molecule has 1 N–H and O–H groups in total. The highest BCUT2D eigenvalue weighted by Crippen LogP contribution is 2.22. The van der Waals surface area contributed by atoms with E-state index in [0.717, 1.165) is 22.6 Å². The maximum Gasteiger partial charge on any atom is 0.144 e. The lowest BCUT2D eigenvalue weighted by Crippen LogP contribution is -2.27. The monoisotopic (exact) mass is 372 g/mol. The van der Waals surface area contributed by atoms with Gasteiger partial charge in [-0.3, -0.25) is 0 Å². The number of benzene rings is 2. The SMILES string of the molecule is CNC(=S)/C(=N\OC)c1ccccc1COc1cccc(OC(C)C)c1. The third kappa shape index (κ3) is 5.46. The van der Waals surface area contributed by atoms with Gasteiger partial charge in [-0.15, -0.1) is 0 Å². The molecule has 0 saturated carbocycles. The van der Waals surface area contributed by atoms with Crippen molar-refractivity contribution in [3.63, 3.8) is 0 Å². The Morgan fingerprint density at radius 3 is 2.54 bits per heavy atom. The summed E-state index contributed by atoms with van der Waals surface area (Å²) in [7, 11) is 3.25. The van der Waals surface area contributed by atoms with E-state index >= 15 is 0 Å². The van der Waals surface area contributed by atoms with Gasteiger partial charge in [-0.05, 0) is 31.5 Å². The molecule has 5 nitrogen and oxygen atoms in total. The van der Waals surface area contributed by atoms with E-state index in [-0.39, 0.29) is 6.10 Å². The van der Waals surface area contributed by atoms with Crippen LogP contribution in [-0.2, 0) is 11.4 Å². The Bertz CT molecular complexity index is 775. The summed E-state index contributed by atoms with van der Waals surface area (Å²) in [6, 6.07) is 15.4. The van der Waals surface area contributed by atoms with Gasteiger partial charge < -0.3 is 19.6 Å². The number of nitrogens with one attached hydrogen (secondary N) is 1. The number of nitrogens with zero attached hydrogens (tertiary/aromatic N) is 1. The van der Waals surface area contributed by atoms with Crippen LogP contribution in [0, 0.1) is 0 Å². The van der Waals surface area contributed by atoms with Crippen LogP contribution in [0.2, 0.25) is 0 Å². The maximum absolute atomic E-state index is 5.96. The molecule has 26 heavy (non-hydrogen) atoms. The van der Waals surface area contributed by atoms with Crippen molar-refractivity contribution >= 4 is 22.9 Å². The number of likely N-dealkylation sites (N-methyl/N-ethyl adjacent to an activating group) is 1. The summed E-state index contributed by atoms with van der Waals surface area (Å²) in [6.07, 6.45) is 0.112. The van der Waals surface area contributed by atoms with E-state index < -0.39 is 0 Å². The highest BCUT2D eigenvalue weighted by molar-refractivity contribution is 7.82. The quantitative estimate of drug-likeness (QED) is 0.432. The predicted octanol–water partition coefficient (Wildman–Crippen LogP) is 3.95. The van der Waals surface area contributed by atoms with Crippen LogP contribution >= 0.6 is 12.2 Å². The van der Waals surface area contributed by atoms with Gasteiger partial charge in [0.05, 0.1) is 6.10 Å². The Kier molecular flexibility index (Phi) is 7.41. The topological polar surface area (TPSA) is 52.1 Å². The molecule has 0 aliphatic carbocycles. The van der Waals surface area contributed by atoms with Crippen LogP contribution in [0.15, 0.2) is 53.7 Å². The van der Waals surface area contributed by atoms with Gasteiger partial charge in [0, 0.05) is 18.7 Å². The van der Waals surface area contributed by atoms with Gasteiger partial charge in [0.1, 0.15) is 35.9 Å². The first-order valence-electron chi connectivity index (χ1n) is 8.36. The van der Waals surface area contributed by atoms with E-state index in [1.54, 1.807) is 7.05 Å². The molecule has 2 aromatic rings. The van der Waals surface area contributed by atoms with Gasteiger partial charge in [0.15, 0.2) is 0 Å². The van der Waals surface area contributed by atoms with Crippen molar-refractivity contribution in [1.82, 2.24) is 5.32 Å². The number of thiocarbonyl (C=S) groups is 1. The Hall–Kier alpha value is -2.60. The molecule has 2 aromatic carbocycles. The van der Waals surface area contributed by atoms with Crippen LogP contribution in [0.4, 0.5) is 0 Å². The van der Waals surface area contributed by atoms with Crippen LogP contribution in [0.25, 0.3) is 0 Å². The second-order valence-electron chi connectivity index (χ2n) is 5.79. The maximum atomic E-state index is 5.96. The smallest absolute Gasteiger partial charge is 0.144 e. The summed E-state index contributed by atoms with van der Waals surface area (Å²) in [5.41, 5.74) is 2.39. The highest BCUT2D eigenvalue weighted by Gasteiger charge is 2.14. The molecular weight excluding hydrogens is 348 g/mol. The van der Waals surface area contributed by atoms with Crippen molar-refractivity contribution in [2.45, 2.75) is 26.6 Å². The average molecular weight is 372 g/mol. The molecule has 138 valence electrons. The van der Waals surface area contributed by atoms with Gasteiger partial charge in [-0.1, -0.05) is 47.7 Å². The molecule has 0 saturated heterocycles. The number of hydrogen-bond acceptors (Lipinski definition) is 5. The fourth-order valence-electron chi connectivity index (χ4n) is 2.37. The molecule has 0 heterocycles. The summed E-state index contributed by atoms with van der Waals surface area (Å²) in [5, 5.41) is 7.00. The largest absolute Gasteiger partial charge is 0.491 e. The molecule has 2 rings (SSSR count). The molecule has 0 radical (unpaired) electrons. The van der Waals surface area contributed by atoms with E-state index in [4.69, 9.17) is 26.5 Å². The first kappa shape index (κ1) is 19.7. The number of ether oxygens (including phenoxy) is 2. The fraction of sp³-hybridized carbons (Fsp3) is 0.300. The van der Waals surface area contributed by atoms with Gasteiger partial charge in [0.25, 0.3) is 0 Å². The normalized spacial score (nSPS) is 11.2. The average Bonchev–Trinajstić information content (AvgIpc) is 2.64. The molecule has 0 aliphatic rings. The Morgan fingerprint density at radius 2 is 1.85 bits per heavy atom. The molecule has 0 bridgehead atoms. The van der Waals surface area contributed by atoms with Crippen molar-refractivity contribution in [2.75, 3.05) is 14.2 Å². The van der Waals surface area contributed by atoms with Gasteiger partial charge in [-0.25, -0.2) is 0 Å². The van der Waals surface area contributed by atoms with Crippen molar-refractivity contribution in [2.24, 2.45) is 5.16 Å². The number of rotatable bonds is 8. The van der Waals surface area contributed by atoms with E-state index in [9.17, 15) is 0 Å². The zero-order chi connectivity index (χ0) is 18.9. The standard InChI is InChI=1S/C20H24N2O3S/c1-14(2)25-17-10-7-9-16(12-17)24-13-15-8-5-6-11-18(15)19(22-23-4)20(26)21-3/h5-12,14H,13H2,1-4H3,(H,21,26)/b22-19-. The van der Waals surface area contributed by atoms with E-state index in [1.807, 2.05) is 62.4 Å². The van der Waals surface area contributed by atoms with E-state index in [1.165, 1.54) is 7.11 Å². The van der Waals surface area contributed by atoms with Crippen molar-refractivity contribution in [3.8, 4) is 11.5 Å². The van der Waals surface area contributed by atoms with Crippen molar-refractivity contribution in [1.29, 1.82) is 0 Å². The molecule has 6 heteroatoms. The van der Waals surface area contributed by atoms with Crippen molar-refractivity contribution < 1.29 is 14.3 Å². The molecule has 0 atom stereocenters. The molecule has 0 aromatic heterocycles. The van der Waals surface area contributed by atoms with Crippen LogP contribution in [0.5, 0.6) is 11.5 Å². The lowest BCUT2D eigenvalue weighted by Gasteiger charge is -2.14. The minimum absolute atomic E-state index is 0.112. The molecule has 0 amide bonds. The van der Waals surface area contributed by atoms with E-state index in [2.05, 4.69) is 10.5 Å². The fourth-order valence-corrected chi connectivity index (χ4v) is 2.52. The Labute approximate surface area is 160 Å². The lowest BCUT2D eigenvalue weighted by atomic mass is 10.0. The van der Waals surface area contributed by atoms with E-state index in [0.29, 0.717) is 17.3 Å². The predicted molar refractivity (Wildman–Crippen MR) is 108 cm³/mol. The minimum atomic E-state index is 0.112. The third-order valence-electron chi connectivity index (χ3n) is 3.47. The number of oxime groups is 1. The van der Waals surface area contributed by atoms with Crippen LogP contribution in [0.1, 0.15) is 25.0 Å².